The van der Waals surface area contributed by atoms with E-state index in [1.807, 2.05) is 0 Å². The second-order valence-electron chi connectivity index (χ2n) is 0.947. The highest BCUT2D eigenvalue weighted by Gasteiger charge is 1.82. The molecule has 0 unspecified atom stereocenters. The summed E-state index contributed by atoms with van der Waals surface area (Å²) in [4.78, 5) is 0. The van der Waals surface area contributed by atoms with Gasteiger partial charge in [-0.1, -0.05) is 4.40 Å². The monoisotopic (exact) mass is 120 g/mol. The van der Waals surface area contributed by atoms with Crippen molar-refractivity contribution in [2.75, 3.05) is 12.8 Å². The van der Waals surface area contributed by atoms with Crippen molar-refractivity contribution in [3.63, 3.8) is 0 Å². The van der Waals surface area contributed by atoms with E-state index in [0.29, 0.717) is 6.54 Å². The maximum absolute atomic E-state index is 10.1. The molecule has 2 N–H and O–H groups in total. The van der Waals surface area contributed by atoms with Crippen molar-refractivity contribution >= 4 is 17.6 Å². The van der Waals surface area contributed by atoms with Crippen molar-refractivity contribution in [3.8, 4) is 0 Å². The maximum Gasteiger partial charge on any atom is 0.123 e. The van der Waals surface area contributed by atoms with Crippen LogP contribution in [0.15, 0.2) is 4.40 Å². The highest BCUT2D eigenvalue weighted by atomic mass is 32.2. The van der Waals surface area contributed by atoms with Crippen LogP contribution >= 0.6 is 0 Å². The minimum absolute atomic E-state index is 0.361. The van der Waals surface area contributed by atoms with E-state index in [1.165, 1.54) is 12.5 Å². The zero-order valence-electron chi connectivity index (χ0n) is 4.13. The topological polar surface area (TPSA) is 61.4 Å². The van der Waals surface area contributed by atoms with E-state index in [2.05, 4.69) is 4.40 Å². The Morgan fingerprint density at radius 1 is 2.00 bits per heavy atom. The van der Waals surface area contributed by atoms with Crippen LogP contribution < -0.4 is 5.73 Å². The van der Waals surface area contributed by atoms with Gasteiger partial charge in [0.2, 0.25) is 0 Å². The highest BCUT2D eigenvalue weighted by Crippen LogP contribution is 1.78. The van der Waals surface area contributed by atoms with Crippen molar-refractivity contribution in [3.05, 3.63) is 0 Å². The smallest absolute Gasteiger partial charge is 0.123 e. The first kappa shape index (κ1) is 6.94. The van der Waals surface area contributed by atoms with Gasteiger partial charge in [0, 0.05) is 6.54 Å². The molecule has 0 bridgehead atoms. The van der Waals surface area contributed by atoms with Crippen molar-refractivity contribution in [2.24, 2.45) is 10.1 Å². The zero-order valence-corrected chi connectivity index (χ0v) is 4.94. The van der Waals surface area contributed by atoms with E-state index in [-0.39, 0.29) is 0 Å². The molecule has 0 amide bonds. The van der Waals surface area contributed by atoms with Crippen LogP contribution in [-0.4, -0.2) is 23.6 Å². The lowest BCUT2D eigenvalue weighted by molar-refractivity contribution is 0.603. The molecular formula is C3H8N2OS. The van der Waals surface area contributed by atoms with Gasteiger partial charge >= 0.3 is 0 Å². The summed E-state index contributed by atoms with van der Waals surface area (Å²) in [6.45, 7) is 0.361. The number of hydrogen-bond donors (Lipinski definition) is 1. The Bertz CT molecular complexity index is 64.0. The molecule has 0 aromatic heterocycles. The number of nitrogens with zero attached hydrogens (tertiary/aromatic N) is 1. The SMILES string of the molecule is C[S@+]([O-])/N=C\CN. The molecule has 0 radical (unpaired) electrons. The van der Waals surface area contributed by atoms with E-state index >= 15 is 0 Å². The van der Waals surface area contributed by atoms with Crippen LogP contribution in [0.3, 0.4) is 0 Å². The third-order valence-electron chi connectivity index (χ3n) is 0.328. The van der Waals surface area contributed by atoms with Gasteiger partial charge < -0.3 is 10.3 Å². The molecule has 0 spiro atoms. The lowest BCUT2D eigenvalue weighted by Gasteiger charge is -1.89. The second-order valence-corrected chi connectivity index (χ2v) is 2.01. The Hall–Kier alpha value is -0.0600. The molecule has 0 aromatic carbocycles. The maximum atomic E-state index is 10.1. The van der Waals surface area contributed by atoms with Crippen molar-refractivity contribution in [1.29, 1.82) is 0 Å². The molecule has 0 saturated carbocycles. The van der Waals surface area contributed by atoms with Crippen LogP contribution in [0.2, 0.25) is 0 Å². The van der Waals surface area contributed by atoms with Crippen molar-refractivity contribution in [2.45, 2.75) is 0 Å². The van der Waals surface area contributed by atoms with E-state index < -0.39 is 11.4 Å². The minimum Gasteiger partial charge on any atom is -0.592 e. The molecule has 0 aliphatic heterocycles. The number of hydrogen-bond acceptors (Lipinski definition) is 3. The van der Waals surface area contributed by atoms with Crippen LogP contribution in [0.4, 0.5) is 0 Å². The summed E-state index contributed by atoms with van der Waals surface area (Å²) in [5.74, 6) is 0. The average molecular weight is 120 g/mol. The molecule has 1 atom stereocenters. The molecule has 0 rings (SSSR count). The Morgan fingerprint density at radius 2 is 2.57 bits per heavy atom. The van der Waals surface area contributed by atoms with Gasteiger partial charge in [-0.3, -0.25) is 0 Å². The number of rotatable bonds is 2. The van der Waals surface area contributed by atoms with Crippen LogP contribution in [0, 0.1) is 0 Å². The van der Waals surface area contributed by atoms with Crippen LogP contribution in [0.5, 0.6) is 0 Å². The predicted molar refractivity (Wildman–Crippen MR) is 31.6 cm³/mol. The van der Waals surface area contributed by atoms with Crippen LogP contribution in [0.25, 0.3) is 0 Å². The quantitative estimate of drug-likeness (QED) is 0.387. The molecule has 7 heavy (non-hydrogen) atoms. The Labute approximate surface area is 45.9 Å². The molecule has 0 aliphatic rings. The third kappa shape index (κ3) is 5.94. The number of nitrogens with two attached hydrogens (primary N) is 1. The zero-order chi connectivity index (χ0) is 5.70. The lowest BCUT2D eigenvalue weighted by atomic mass is 10.8. The summed E-state index contributed by atoms with van der Waals surface area (Å²) >= 11 is -1.08. The van der Waals surface area contributed by atoms with Gasteiger partial charge in [-0.15, -0.1) is 0 Å². The van der Waals surface area contributed by atoms with Gasteiger partial charge in [-0.2, -0.15) is 0 Å². The fraction of sp³-hybridized carbons (Fsp3) is 0.667. The Morgan fingerprint density at radius 3 is 2.71 bits per heavy atom. The fourth-order valence-electron chi connectivity index (χ4n) is 0.148. The standard InChI is InChI=1S/C3H8N2OS/c1-7(6)5-3-2-4/h3H,2,4H2,1H3/b5-3-/t7-/m0/s1. The highest BCUT2D eigenvalue weighted by molar-refractivity contribution is 7.89. The lowest BCUT2D eigenvalue weighted by Crippen LogP contribution is -2.01. The predicted octanol–water partition coefficient (Wildman–Crippen LogP) is -0.691. The van der Waals surface area contributed by atoms with E-state index in [0.717, 1.165) is 0 Å². The van der Waals surface area contributed by atoms with Gasteiger partial charge in [-0.05, 0) is 0 Å². The van der Waals surface area contributed by atoms with Gasteiger partial charge in [-0.25, -0.2) is 0 Å². The van der Waals surface area contributed by atoms with Crippen LogP contribution in [-0.2, 0) is 11.4 Å². The third-order valence-corrected chi connectivity index (χ3v) is 0.774. The molecule has 0 heterocycles. The molecule has 3 nitrogen and oxygen atoms in total. The summed E-state index contributed by atoms with van der Waals surface area (Å²) in [6, 6.07) is 0. The van der Waals surface area contributed by atoms with E-state index in [1.54, 1.807) is 0 Å². The molecule has 42 valence electrons. The first-order chi connectivity index (χ1) is 3.27. The van der Waals surface area contributed by atoms with Gasteiger partial charge in [0.25, 0.3) is 0 Å². The average Bonchev–Trinajstić information content (AvgIpc) is 1.61. The summed E-state index contributed by atoms with van der Waals surface area (Å²) < 4.78 is 13.5. The van der Waals surface area contributed by atoms with Gasteiger partial charge in [0.05, 0.1) is 17.6 Å². The van der Waals surface area contributed by atoms with Gasteiger partial charge in [0.15, 0.2) is 0 Å². The Balaban J connectivity index is 3.08. The van der Waals surface area contributed by atoms with Crippen molar-refractivity contribution < 1.29 is 4.55 Å². The summed E-state index contributed by atoms with van der Waals surface area (Å²) in [7, 11) is 0. The molecular weight excluding hydrogens is 112 g/mol. The minimum atomic E-state index is -1.08. The molecule has 0 fully saturated rings. The molecule has 4 heteroatoms. The summed E-state index contributed by atoms with van der Waals surface area (Å²) in [6.07, 6.45) is 2.92. The van der Waals surface area contributed by atoms with E-state index in [9.17, 15) is 4.55 Å². The van der Waals surface area contributed by atoms with E-state index in [4.69, 9.17) is 5.73 Å². The van der Waals surface area contributed by atoms with Crippen molar-refractivity contribution in [1.82, 2.24) is 0 Å². The van der Waals surface area contributed by atoms with Crippen LogP contribution in [0.1, 0.15) is 0 Å². The molecule has 0 aromatic rings. The fourth-order valence-corrected chi connectivity index (χ4v) is 0.444. The molecule has 0 saturated heterocycles. The largest absolute Gasteiger partial charge is 0.592 e. The normalized spacial score (nSPS) is 15.3. The molecule has 0 aliphatic carbocycles. The summed E-state index contributed by atoms with van der Waals surface area (Å²) in [5.41, 5.74) is 4.99. The second kappa shape index (κ2) is 4.11. The Kier molecular flexibility index (Phi) is 4.07. The summed E-state index contributed by atoms with van der Waals surface area (Å²) in [5, 5.41) is 0. The first-order valence-corrected chi connectivity index (χ1v) is 3.35. The van der Waals surface area contributed by atoms with Gasteiger partial charge in [0.1, 0.15) is 6.26 Å². The first-order valence-electron chi connectivity index (χ1n) is 1.83.